The molecule has 0 amide bonds. The average Bonchev–Trinajstić information content (AvgIpc) is 2.92. The van der Waals surface area contributed by atoms with Gasteiger partial charge in [0.1, 0.15) is 11.1 Å². The van der Waals surface area contributed by atoms with Gasteiger partial charge in [-0.2, -0.15) is 0 Å². The Hall–Kier alpha value is -0.150. The Balaban J connectivity index is 2.18. The molecule has 1 unspecified atom stereocenters. The number of hydrogen-bond acceptors (Lipinski definition) is 2. The van der Waals surface area contributed by atoms with Crippen LogP contribution in [0.5, 0.6) is 5.75 Å². The quantitative estimate of drug-likeness (QED) is 0.786. The minimum atomic E-state index is 0.133. The third-order valence-electron chi connectivity index (χ3n) is 3.47. The highest BCUT2D eigenvalue weighted by Gasteiger charge is 2.27. The van der Waals surface area contributed by atoms with Gasteiger partial charge in [-0.25, -0.2) is 0 Å². The van der Waals surface area contributed by atoms with Crippen LogP contribution in [-0.4, -0.2) is 19.2 Å². The predicted molar refractivity (Wildman–Crippen MR) is 81.8 cm³/mol. The Morgan fingerprint density at radius 2 is 2.05 bits per heavy atom. The third kappa shape index (κ3) is 3.69. The lowest BCUT2D eigenvalue weighted by molar-refractivity contribution is 0.132. The lowest BCUT2D eigenvalue weighted by Crippen LogP contribution is -2.29. The average molecular weight is 323 g/mol. The number of benzene rings is 1. The standard InChI is InChI=1S/C14H18Cl3NO/c1-2-3-12(9-6-7-18-8-9)19-14-11(16)5-4-10(15)13(14)17/h4-5,9,12,18H,2-3,6-8H2,1H3/t9?,12-/m1/s1. The molecule has 1 saturated heterocycles. The first kappa shape index (κ1) is 15.2. The first-order chi connectivity index (χ1) is 9.13. The van der Waals surface area contributed by atoms with Crippen LogP contribution in [0.2, 0.25) is 15.1 Å². The van der Waals surface area contributed by atoms with Gasteiger partial charge in [-0.3, -0.25) is 0 Å². The molecule has 1 aromatic rings. The molecule has 0 aromatic heterocycles. The smallest absolute Gasteiger partial charge is 0.158 e. The highest BCUT2D eigenvalue weighted by Crippen LogP contribution is 2.39. The van der Waals surface area contributed by atoms with E-state index in [0.717, 1.165) is 32.4 Å². The summed E-state index contributed by atoms with van der Waals surface area (Å²) >= 11 is 18.4. The Morgan fingerprint density at radius 3 is 2.68 bits per heavy atom. The number of halogens is 3. The minimum absolute atomic E-state index is 0.133. The van der Waals surface area contributed by atoms with E-state index in [1.165, 1.54) is 0 Å². The van der Waals surface area contributed by atoms with Crippen molar-refractivity contribution in [2.75, 3.05) is 13.1 Å². The molecule has 0 spiro atoms. The van der Waals surface area contributed by atoms with Gasteiger partial charge in [-0.1, -0.05) is 48.1 Å². The lowest BCUT2D eigenvalue weighted by Gasteiger charge is -2.25. The summed E-state index contributed by atoms with van der Waals surface area (Å²) in [6.45, 7) is 4.19. The zero-order valence-corrected chi connectivity index (χ0v) is 13.2. The fourth-order valence-electron chi connectivity index (χ4n) is 2.44. The van der Waals surface area contributed by atoms with Gasteiger partial charge in [0, 0.05) is 12.5 Å². The van der Waals surface area contributed by atoms with E-state index in [1.54, 1.807) is 12.1 Å². The maximum Gasteiger partial charge on any atom is 0.158 e. The van der Waals surface area contributed by atoms with Crippen molar-refractivity contribution in [3.05, 3.63) is 27.2 Å². The summed E-state index contributed by atoms with van der Waals surface area (Å²) in [6.07, 6.45) is 3.32. The van der Waals surface area contributed by atoms with E-state index in [9.17, 15) is 0 Å². The molecule has 1 heterocycles. The van der Waals surface area contributed by atoms with Gasteiger partial charge >= 0.3 is 0 Å². The van der Waals surface area contributed by atoms with E-state index in [1.807, 2.05) is 0 Å². The van der Waals surface area contributed by atoms with Gasteiger partial charge in [0.05, 0.1) is 10.0 Å². The van der Waals surface area contributed by atoms with Crippen molar-refractivity contribution in [2.45, 2.75) is 32.3 Å². The molecule has 2 nitrogen and oxygen atoms in total. The summed E-state index contributed by atoms with van der Waals surface area (Å²) in [5.41, 5.74) is 0. The van der Waals surface area contributed by atoms with Gasteiger partial charge in [-0.05, 0) is 31.5 Å². The van der Waals surface area contributed by atoms with Gasteiger partial charge < -0.3 is 10.1 Å². The van der Waals surface area contributed by atoms with E-state index in [0.29, 0.717) is 26.7 Å². The highest BCUT2D eigenvalue weighted by molar-refractivity contribution is 6.44. The summed E-state index contributed by atoms with van der Waals surface area (Å²) in [5, 5.41) is 4.76. The second kappa shape index (κ2) is 7.03. The maximum atomic E-state index is 6.19. The topological polar surface area (TPSA) is 21.3 Å². The van der Waals surface area contributed by atoms with Crippen LogP contribution >= 0.6 is 34.8 Å². The van der Waals surface area contributed by atoms with Crippen molar-refractivity contribution < 1.29 is 4.74 Å². The van der Waals surface area contributed by atoms with Gasteiger partial charge in [0.15, 0.2) is 5.75 Å². The Kier molecular flexibility index (Phi) is 5.64. The van der Waals surface area contributed by atoms with Crippen molar-refractivity contribution in [2.24, 2.45) is 5.92 Å². The molecule has 1 N–H and O–H groups in total. The lowest BCUT2D eigenvalue weighted by atomic mass is 9.97. The minimum Gasteiger partial charge on any atom is -0.487 e. The van der Waals surface area contributed by atoms with Crippen molar-refractivity contribution in [1.29, 1.82) is 0 Å². The SMILES string of the molecule is CCC[C@@H](Oc1c(Cl)ccc(Cl)c1Cl)C1CCNC1. The predicted octanol–water partition coefficient (Wildman–Crippen LogP) is 4.80. The molecule has 19 heavy (non-hydrogen) atoms. The molecule has 2 rings (SSSR count). The molecule has 1 aromatic carbocycles. The van der Waals surface area contributed by atoms with Crippen molar-refractivity contribution in [3.63, 3.8) is 0 Å². The third-order valence-corrected chi connectivity index (χ3v) is 4.55. The Morgan fingerprint density at radius 1 is 1.32 bits per heavy atom. The van der Waals surface area contributed by atoms with Gasteiger partial charge in [0.25, 0.3) is 0 Å². The van der Waals surface area contributed by atoms with Crippen LogP contribution in [0.3, 0.4) is 0 Å². The fourth-order valence-corrected chi connectivity index (χ4v) is 3.05. The molecule has 1 fully saturated rings. The largest absolute Gasteiger partial charge is 0.487 e. The maximum absolute atomic E-state index is 6.19. The number of nitrogens with one attached hydrogen (secondary N) is 1. The molecule has 106 valence electrons. The molecule has 1 aliphatic heterocycles. The summed E-state index contributed by atoms with van der Waals surface area (Å²) in [4.78, 5) is 0. The summed E-state index contributed by atoms with van der Waals surface area (Å²) in [6, 6.07) is 3.41. The van der Waals surface area contributed by atoms with Crippen LogP contribution in [0.25, 0.3) is 0 Å². The van der Waals surface area contributed by atoms with Crippen LogP contribution in [0, 0.1) is 5.92 Å². The molecule has 0 bridgehead atoms. The zero-order valence-electron chi connectivity index (χ0n) is 10.9. The van der Waals surface area contributed by atoms with Crippen molar-refractivity contribution in [3.8, 4) is 5.75 Å². The Labute approximate surface area is 129 Å². The summed E-state index contributed by atoms with van der Waals surface area (Å²) in [5.74, 6) is 1.02. The van der Waals surface area contributed by atoms with Crippen LogP contribution in [0.15, 0.2) is 12.1 Å². The molecule has 0 saturated carbocycles. The monoisotopic (exact) mass is 321 g/mol. The van der Waals surface area contributed by atoms with Crippen LogP contribution in [0.1, 0.15) is 26.2 Å². The van der Waals surface area contributed by atoms with Crippen LogP contribution in [-0.2, 0) is 0 Å². The Bertz CT molecular complexity index is 433. The van der Waals surface area contributed by atoms with E-state index in [2.05, 4.69) is 12.2 Å². The second-order valence-electron chi connectivity index (χ2n) is 4.87. The molecule has 1 aliphatic rings. The molecular weight excluding hydrogens is 305 g/mol. The normalized spacial score (nSPS) is 20.5. The van der Waals surface area contributed by atoms with E-state index in [4.69, 9.17) is 39.5 Å². The van der Waals surface area contributed by atoms with Gasteiger partial charge in [0.2, 0.25) is 0 Å². The first-order valence-electron chi connectivity index (χ1n) is 6.64. The summed E-state index contributed by atoms with van der Waals surface area (Å²) in [7, 11) is 0. The number of rotatable bonds is 5. The first-order valence-corrected chi connectivity index (χ1v) is 7.77. The molecule has 5 heteroatoms. The summed E-state index contributed by atoms with van der Waals surface area (Å²) < 4.78 is 6.09. The van der Waals surface area contributed by atoms with Crippen molar-refractivity contribution in [1.82, 2.24) is 5.32 Å². The van der Waals surface area contributed by atoms with E-state index < -0.39 is 0 Å². The highest BCUT2D eigenvalue weighted by atomic mass is 35.5. The number of hydrogen-bond donors (Lipinski definition) is 1. The molecular formula is C14H18Cl3NO. The molecule has 0 radical (unpaired) electrons. The van der Waals surface area contributed by atoms with Crippen LogP contribution in [0.4, 0.5) is 0 Å². The van der Waals surface area contributed by atoms with Gasteiger partial charge in [-0.15, -0.1) is 0 Å². The molecule has 2 atom stereocenters. The molecule has 0 aliphatic carbocycles. The van der Waals surface area contributed by atoms with Crippen LogP contribution < -0.4 is 10.1 Å². The van der Waals surface area contributed by atoms with Crippen molar-refractivity contribution >= 4 is 34.8 Å². The fraction of sp³-hybridized carbons (Fsp3) is 0.571. The van der Waals surface area contributed by atoms with E-state index in [-0.39, 0.29) is 6.10 Å². The van der Waals surface area contributed by atoms with E-state index >= 15 is 0 Å². The second-order valence-corrected chi connectivity index (χ2v) is 6.06. The zero-order chi connectivity index (χ0) is 13.8. The number of ether oxygens (including phenoxy) is 1.